The van der Waals surface area contributed by atoms with Crippen LogP contribution in [0.25, 0.3) is 0 Å². The van der Waals surface area contributed by atoms with E-state index in [1.54, 1.807) is 12.1 Å². The molecule has 5 nitrogen and oxygen atoms in total. The lowest BCUT2D eigenvalue weighted by atomic mass is 9.74. The van der Waals surface area contributed by atoms with Crippen LogP contribution < -0.4 is 10.6 Å². The van der Waals surface area contributed by atoms with Gasteiger partial charge in [-0.25, -0.2) is 18.7 Å². The van der Waals surface area contributed by atoms with Crippen LogP contribution in [0, 0.1) is 0 Å². The SMILES string of the molecule is CCC1(NC(=O)Cc2ncnc(NCc3cccc4c3CCC4(F)F)c2C2CCCC2)CCC1. The van der Waals surface area contributed by atoms with E-state index in [0.29, 0.717) is 18.9 Å². The minimum atomic E-state index is -2.74. The van der Waals surface area contributed by atoms with Gasteiger partial charge in [-0.2, -0.15) is 0 Å². The second kappa shape index (κ2) is 9.23. The van der Waals surface area contributed by atoms with E-state index in [4.69, 9.17) is 0 Å². The molecule has 2 saturated carbocycles. The first-order chi connectivity index (χ1) is 16.4. The van der Waals surface area contributed by atoms with E-state index in [1.165, 1.54) is 6.33 Å². The highest BCUT2D eigenvalue weighted by molar-refractivity contribution is 5.80. The third-order valence-corrected chi connectivity index (χ3v) is 8.25. The van der Waals surface area contributed by atoms with Crippen LogP contribution in [-0.4, -0.2) is 21.4 Å². The van der Waals surface area contributed by atoms with Gasteiger partial charge in [-0.05, 0) is 62.0 Å². The molecule has 1 aromatic carbocycles. The molecule has 7 heteroatoms. The molecule has 0 saturated heterocycles. The second-order valence-electron chi connectivity index (χ2n) is 10.3. The number of carbonyl (C=O) groups excluding carboxylic acids is 1. The van der Waals surface area contributed by atoms with Crippen LogP contribution in [0.4, 0.5) is 14.6 Å². The van der Waals surface area contributed by atoms with Crippen LogP contribution in [0.15, 0.2) is 24.5 Å². The van der Waals surface area contributed by atoms with E-state index in [9.17, 15) is 13.6 Å². The Kier molecular flexibility index (Phi) is 6.30. The fourth-order valence-electron chi connectivity index (χ4n) is 6.05. The van der Waals surface area contributed by atoms with E-state index in [2.05, 4.69) is 27.5 Å². The molecule has 0 atom stereocenters. The molecule has 2 aromatic rings. The van der Waals surface area contributed by atoms with Crippen molar-refractivity contribution in [3.8, 4) is 0 Å². The van der Waals surface area contributed by atoms with Crippen molar-refractivity contribution in [1.82, 2.24) is 15.3 Å². The average molecular weight is 469 g/mol. The predicted octanol–water partition coefficient (Wildman–Crippen LogP) is 5.78. The number of rotatable bonds is 8. The molecule has 182 valence electrons. The smallest absolute Gasteiger partial charge is 0.273 e. The largest absolute Gasteiger partial charge is 0.366 e. The Morgan fingerprint density at radius 1 is 1.12 bits per heavy atom. The molecule has 0 spiro atoms. The molecule has 3 aliphatic rings. The molecule has 0 bridgehead atoms. The Hall–Kier alpha value is -2.57. The normalized spacial score (nSPS) is 20.6. The molecule has 1 amide bonds. The van der Waals surface area contributed by atoms with Gasteiger partial charge in [0.25, 0.3) is 5.92 Å². The molecule has 2 N–H and O–H groups in total. The summed E-state index contributed by atoms with van der Waals surface area (Å²) in [6.45, 7) is 2.56. The Bertz CT molecular complexity index is 1060. The van der Waals surface area contributed by atoms with E-state index < -0.39 is 5.92 Å². The number of amides is 1. The first kappa shape index (κ1) is 23.2. The van der Waals surface area contributed by atoms with Gasteiger partial charge in [0.05, 0.1) is 12.1 Å². The number of nitrogens with zero attached hydrogens (tertiary/aromatic N) is 2. The van der Waals surface area contributed by atoms with Crippen molar-refractivity contribution in [3.63, 3.8) is 0 Å². The fourth-order valence-corrected chi connectivity index (χ4v) is 6.05. The van der Waals surface area contributed by atoms with Gasteiger partial charge in [0.2, 0.25) is 5.91 Å². The van der Waals surface area contributed by atoms with Crippen molar-refractivity contribution < 1.29 is 13.6 Å². The maximum absolute atomic E-state index is 14.2. The number of alkyl halides is 2. The first-order valence-corrected chi connectivity index (χ1v) is 12.8. The topological polar surface area (TPSA) is 66.9 Å². The minimum Gasteiger partial charge on any atom is -0.366 e. The number of hydrogen-bond acceptors (Lipinski definition) is 4. The number of benzene rings is 1. The van der Waals surface area contributed by atoms with Crippen LogP contribution >= 0.6 is 0 Å². The van der Waals surface area contributed by atoms with Crippen LogP contribution in [-0.2, 0) is 30.1 Å². The van der Waals surface area contributed by atoms with E-state index in [0.717, 1.165) is 79.6 Å². The van der Waals surface area contributed by atoms with Gasteiger partial charge in [0.1, 0.15) is 12.1 Å². The predicted molar refractivity (Wildman–Crippen MR) is 128 cm³/mol. The molecule has 2 fully saturated rings. The highest BCUT2D eigenvalue weighted by atomic mass is 19.3. The summed E-state index contributed by atoms with van der Waals surface area (Å²) in [7, 11) is 0. The minimum absolute atomic E-state index is 0.0218. The van der Waals surface area contributed by atoms with E-state index in [1.807, 2.05) is 6.07 Å². The number of halogens is 2. The van der Waals surface area contributed by atoms with Gasteiger partial charge in [-0.3, -0.25) is 4.79 Å². The number of hydrogen-bond donors (Lipinski definition) is 2. The average Bonchev–Trinajstić information content (AvgIpc) is 3.43. The van der Waals surface area contributed by atoms with Crippen molar-refractivity contribution in [2.24, 2.45) is 0 Å². The monoisotopic (exact) mass is 468 g/mol. The highest BCUT2D eigenvalue weighted by Crippen LogP contribution is 2.43. The van der Waals surface area contributed by atoms with Crippen molar-refractivity contribution in [2.75, 3.05) is 5.32 Å². The van der Waals surface area contributed by atoms with Gasteiger partial charge in [0, 0.05) is 29.6 Å². The lowest BCUT2D eigenvalue weighted by Gasteiger charge is -2.42. The Morgan fingerprint density at radius 3 is 2.62 bits per heavy atom. The van der Waals surface area contributed by atoms with Gasteiger partial charge >= 0.3 is 0 Å². The van der Waals surface area contributed by atoms with Crippen LogP contribution in [0.2, 0.25) is 0 Å². The maximum atomic E-state index is 14.2. The molecule has 0 radical (unpaired) electrons. The number of aromatic nitrogens is 2. The molecule has 5 rings (SSSR count). The number of fused-ring (bicyclic) bond motifs is 1. The molecule has 1 heterocycles. The number of anilines is 1. The lowest BCUT2D eigenvalue weighted by molar-refractivity contribution is -0.123. The molecular weight excluding hydrogens is 434 g/mol. The first-order valence-electron chi connectivity index (χ1n) is 12.8. The van der Waals surface area contributed by atoms with Crippen molar-refractivity contribution in [3.05, 3.63) is 52.5 Å². The van der Waals surface area contributed by atoms with Crippen LogP contribution in [0.1, 0.15) is 98.6 Å². The van der Waals surface area contributed by atoms with Gasteiger partial charge in [-0.15, -0.1) is 0 Å². The summed E-state index contributed by atoms with van der Waals surface area (Å²) in [4.78, 5) is 22.1. The van der Waals surface area contributed by atoms with Crippen LogP contribution in [0.5, 0.6) is 0 Å². The van der Waals surface area contributed by atoms with Gasteiger partial charge in [0.15, 0.2) is 0 Å². The summed E-state index contributed by atoms with van der Waals surface area (Å²) in [5.41, 5.74) is 3.57. The standard InChI is InChI=1S/C27H34F2N4O/c1-2-26(12-6-13-26)33-23(34)15-22-24(18-7-3-4-8-18)25(32-17-31-22)30-16-19-9-5-10-21-20(19)11-14-27(21,28)29/h5,9-10,17-18H,2-4,6-8,11-16H2,1H3,(H,33,34)(H,30,31,32). The molecule has 34 heavy (non-hydrogen) atoms. The molecule has 0 unspecified atom stereocenters. The second-order valence-corrected chi connectivity index (χ2v) is 10.3. The van der Waals surface area contributed by atoms with Gasteiger partial charge < -0.3 is 10.6 Å². The lowest BCUT2D eigenvalue weighted by Crippen LogP contribution is -2.53. The summed E-state index contributed by atoms with van der Waals surface area (Å²) in [6.07, 6.45) is 10.7. The van der Waals surface area contributed by atoms with Crippen molar-refractivity contribution in [2.45, 2.75) is 101 Å². The maximum Gasteiger partial charge on any atom is 0.273 e. The summed E-state index contributed by atoms with van der Waals surface area (Å²) >= 11 is 0. The zero-order valence-corrected chi connectivity index (χ0v) is 19.9. The summed E-state index contributed by atoms with van der Waals surface area (Å²) in [6, 6.07) is 5.18. The number of carbonyl (C=O) groups is 1. The third kappa shape index (κ3) is 4.41. The summed E-state index contributed by atoms with van der Waals surface area (Å²) in [5.74, 6) is -1.66. The van der Waals surface area contributed by atoms with Gasteiger partial charge in [-0.1, -0.05) is 38.0 Å². The molecule has 3 aliphatic carbocycles. The van der Waals surface area contributed by atoms with E-state index in [-0.39, 0.29) is 29.9 Å². The number of nitrogens with one attached hydrogen (secondary N) is 2. The molecular formula is C27H34F2N4O. The molecule has 1 aromatic heterocycles. The third-order valence-electron chi connectivity index (χ3n) is 8.25. The Balaban J connectivity index is 1.38. The Labute approximate surface area is 200 Å². The van der Waals surface area contributed by atoms with Crippen molar-refractivity contribution in [1.29, 1.82) is 0 Å². The summed E-state index contributed by atoms with van der Waals surface area (Å²) < 4.78 is 28.4. The highest BCUT2D eigenvalue weighted by Gasteiger charge is 2.40. The zero-order valence-electron chi connectivity index (χ0n) is 19.9. The van der Waals surface area contributed by atoms with Crippen LogP contribution in [0.3, 0.4) is 0 Å². The van der Waals surface area contributed by atoms with E-state index >= 15 is 0 Å². The zero-order chi connectivity index (χ0) is 23.8. The quantitative estimate of drug-likeness (QED) is 0.516. The molecule has 0 aliphatic heterocycles. The fraction of sp³-hybridized carbons (Fsp3) is 0.593. The van der Waals surface area contributed by atoms with Crippen molar-refractivity contribution >= 4 is 11.7 Å². The Morgan fingerprint density at radius 2 is 1.91 bits per heavy atom. The summed E-state index contributed by atoms with van der Waals surface area (Å²) in [5, 5.41) is 6.70.